The van der Waals surface area contributed by atoms with Gasteiger partial charge in [-0.2, -0.15) is 0 Å². The molecule has 0 aliphatic carbocycles. The Balaban J connectivity index is 1.30. The molecule has 0 unspecified atom stereocenters. The molecule has 0 saturated carbocycles. The molecule has 0 radical (unpaired) electrons. The van der Waals surface area contributed by atoms with Crippen LogP contribution in [0.3, 0.4) is 0 Å². The Labute approximate surface area is 274 Å². The molecule has 0 amide bonds. The van der Waals surface area contributed by atoms with Gasteiger partial charge in [-0.05, 0) is 41.8 Å². The van der Waals surface area contributed by atoms with Gasteiger partial charge < -0.3 is 8.83 Å². The lowest BCUT2D eigenvalue weighted by atomic mass is 9.96. The first-order valence-electron chi connectivity index (χ1n) is 15.8. The number of benzene rings is 6. The van der Waals surface area contributed by atoms with Gasteiger partial charge in [0, 0.05) is 67.1 Å². The van der Waals surface area contributed by atoms with Crippen LogP contribution in [0.2, 0.25) is 0 Å². The third kappa shape index (κ3) is 4.13. The summed E-state index contributed by atoms with van der Waals surface area (Å²) in [4.78, 5) is 19.5. The first-order valence-corrected chi connectivity index (χ1v) is 15.8. The molecule has 4 aromatic heterocycles. The van der Waals surface area contributed by atoms with E-state index in [2.05, 4.69) is 53.5 Å². The van der Waals surface area contributed by atoms with Crippen LogP contribution in [0.4, 0.5) is 0 Å². The van der Waals surface area contributed by atoms with Crippen LogP contribution in [0.15, 0.2) is 155 Å². The lowest BCUT2D eigenvalue weighted by Gasteiger charge is -2.11. The lowest BCUT2D eigenvalue weighted by molar-refractivity contribution is 0.665. The Morgan fingerprint density at radius 3 is 1.85 bits per heavy atom. The highest BCUT2D eigenvalue weighted by Crippen LogP contribution is 2.45. The Bertz CT molecular complexity index is 2780. The predicted molar refractivity (Wildman–Crippen MR) is 191 cm³/mol. The minimum atomic E-state index is 0.565. The molecule has 0 aliphatic heterocycles. The van der Waals surface area contributed by atoms with Crippen molar-refractivity contribution < 1.29 is 8.83 Å². The van der Waals surface area contributed by atoms with Crippen LogP contribution in [0.5, 0.6) is 0 Å². The Morgan fingerprint density at radius 2 is 1.06 bits per heavy atom. The standard InChI is InChI=1S/C42H24N4O2/c1-3-10-25(11-4-1)40-44-41(26-12-5-2-6-13-26)46-42(45-40)33-19-18-32(31-16-9-15-30-29-14-7-8-17-35(29)47-38(30)31)39-37(33)34-22-28-24-43-21-20-27(28)23-36(34)48-39/h1-24H. The first-order chi connectivity index (χ1) is 23.8. The number of hydrogen-bond donors (Lipinski definition) is 0. The monoisotopic (exact) mass is 616 g/mol. The number of furan rings is 2. The number of hydrogen-bond acceptors (Lipinski definition) is 6. The molecule has 48 heavy (non-hydrogen) atoms. The maximum Gasteiger partial charge on any atom is 0.164 e. The number of para-hydroxylation sites is 2. The van der Waals surface area contributed by atoms with Crippen LogP contribution in [0, 0.1) is 0 Å². The molecule has 0 saturated heterocycles. The summed E-state index contributed by atoms with van der Waals surface area (Å²) in [6.07, 6.45) is 3.69. The normalized spacial score (nSPS) is 11.8. The highest BCUT2D eigenvalue weighted by molar-refractivity contribution is 6.20. The van der Waals surface area contributed by atoms with E-state index in [0.717, 1.165) is 82.5 Å². The van der Waals surface area contributed by atoms with Crippen LogP contribution in [0.1, 0.15) is 0 Å². The van der Waals surface area contributed by atoms with E-state index in [0.29, 0.717) is 17.5 Å². The van der Waals surface area contributed by atoms with Gasteiger partial charge in [0.15, 0.2) is 17.5 Å². The number of aromatic nitrogens is 4. The molecule has 6 aromatic carbocycles. The van der Waals surface area contributed by atoms with E-state index in [-0.39, 0.29) is 0 Å². The smallest absolute Gasteiger partial charge is 0.164 e. The quantitative estimate of drug-likeness (QED) is 0.196. The summed E-state index contributed by atoms with van der Waals surface area (Å²) in [5.74, 6) is 1.77. The van der Waals surface area contributed by atoms with Crippen LogP contribution in [-0.2, 0) is 0 Å². The van der Waals surface area contributed by atoms with Crippen molar-refractivity contribution in [3.63, 3.8) is 0 Å². The molecule has 0 spiro atoms. The molecule has 0 aliphatic rings. The van der Waals surface area contributed by atoms with Gasteiger partial charge in [-0.15, -0.1) is 0 Å². The van der Waals surface area contributed by atoms with E-state index < -0.39 is 0 Å². The average Bonchev–Trinajstić information content (AvgIpc) is 3.73. The number of fused-ring (bicyclic) bond motifs is 7. The van der Waals surface area contributed by atoms with Crippen LogP contribution in [-0.4, -0.2) is 19.9 Å². The van der Waals surface area contributed by atoms with E-state index >= 15 is 0 Å². The summed E-state index contributed by atoms with van der Waals surface area (Å²) in [6, 6.07) is 44.9. The molecule has 6 nitrogen and oxygen atoms in total. The van der Waals surface area contributed by atoms with Gasteiger partial charge in [0.2, 0.25) is 0 Å². The Hall–Kier alpha value is -6.66. The van der Waals surface area contributed by atoms with Crippen molar-refractivity contribution in [2.24, 2.45) is 0 Å². The van der Waals surface area contributed by atoms with Crippen LogP contribution >= 0.6 is 0 Å². The third-order valence-electron chi connectivity index (χ3n) is 9.01. The summed E-state index contributed by atoms with van der Waals surface area (Å²) in [5, 5.41) is 6.10. The van der Waals surface area contributed by atoms with Crippen molar-refractivity contribution in [3.8, 4) is 45.3 Å². The fraction of sp³-hybridized carbons (Fsp3) is 0. The second-order valence-corrected chi connectivity index (χ2v) is 11.9. The first kappa shape index (κ1) is 26.5. The largest absolute Gasteiger partial charge is 0.455 e. The van der Waals surface area contributed by atoms with Crippen molar-refractivity contribution >= 4 is 54.6 Å². The van der Waals surface area contributed by atoms with Crippen molar-refractivity contribution in [2.75, 3.05) is 0 Å². The minimum absolute atomic E-state index is 0.565. The van der Waals surface area contributed by atoms with Gasteiger partial charge in [-0.3, -0.25) is 4.98 Å². The molecular formula is C42H24N4O2. The molecule has 0 atom stereocenters. The Kier molecular flexibility index (Phi) is 5.77. The summed E-state index contributed by atoms with van der Waals surface area (Å²) in [5.41, 5.74) is 7.74. The van der Waals surface area contributed by atoms with Crippen molar-refractivity contribution in [1.29, 1.82) is 0 Å². The van der Waals surface area contributed by atoms with Gasteiger partial charge in [-0.25, -0.2) is 15.0 Å². The molecule has 0 bridgehead atoms. The zero-order valence-corrected chi connectivity index (χ0v) is 25.5. The molecule has 224 valence electrons. The fourth-order valence-electron chi connectivity index (χ4n) is 6.75. The van der Waals surface area contributed by atoms with E-state index in [1.165, 1.54) is 0 Å². The molecule has 10 rings (SSSR count). The maximum absolute atomic E-state index is 6.83. The molecular weight excluding hydrogens is 592 g/mol. The van der Waals surface area contributed by atoms with Gasteiger partial charge >= 0.3 is 0 Å². The molecule has 0 N–H and O–H groups in total. The summed E-state index contributed by atoms with van der Waals surface area (Å²) >= 11 is 0. The summed E-state index contributed by atoms with van der Waals surface area (Å²) < 4.78 is 13.3. The van der Waals surface area contributed by atoms with Gasteiger partial charge in [0.1, 0.15) is 22.3 Å². The van der Waals surface area contributed by atoms with Crippen molar-refractivity contribution in [2.45, 2.75) is 0 Å². The predicted octanol–water partition coefficient (Wildman–Crippen LogP) is 10.9. The zero-order valence-electron chi connectivity index (χ0n) is 25.5. The van der Waals surface area contributed by atoms with E-state index in [9.17, 15) is 0 Å². The highest BCUT2D eigenvalue weighted by Gasteiger charge is 2.23. The fourth-order valence-corrected chi connectivity index (χ4v) is 6.75. The summed E-state index contributed by atoms with van der Waals surface area (Å²) in [7, 11) is 0. The zero-order chi connectivity index (χ0) is 31.6. The highest BCUT2D eigenvalue weighted by atomic mass is 16.3. The number of nitrogens with zero attached hydrogens (tertiary/aromatic N) is 4. The van der Waals surface area contributed by atoms with Crippen LogP contribution in [0.25, 0.3) is 99.9 Å². The topological polar surface area (TPSA) is 77.8 Å². The van der Waals surface area contributed by atoms with E-state index in [1.807, 2.05) is 91.1 Å². The summed E-state index contributed by atoms with van der Waals surface area (Å²) in [6.45, 7) is 0. The molecule has 10 aromatic rings. The number of pyridine rings is 1. The van der Waals surface area contributed by atoms with Gasteiger partial charge in [-0.1, -0.05) is 97.1 Å². The molecule has 6 heteroatoms. The van der Waals surface area contributed by atoms with Crippen molar-refractivity contribution in [1.82, 2.24) is 19.9 Å². The number of rotatable bonds is 4. The average molecular weight is 617 g/mol. The maximum atomic E-state index is 6.83. The van der Waals surface area contributed by atoms with Gasteiger partial charge in [0.25, 0.3) is 0 Å². The van der Waals surface area contributed by atoms with Crippen LogP contribution < -0.4 is 0 Å². The van der Waals surface area contributed by atoms with E-state index in [4.69, 9.17) is 23.8 Å². The Morgan fingerprint density at radius 1 is 0.417 bits per heavy atom. The van der Waals surface area contributed by atoms with Gasteiger partial charge in [0.05, 0.1) is 0 Å². The van der Waals surface area contributed by atoms with E-state index in [1.54, 1.807) is 6.20 Å². The SMILES string of the molecule is c1ccc(-c2nc(-c3ccccc3)nc(-c3ccc(-c4cccc5c4oc4ccccc45)c4oc5cc6ccncc6cc5c34)n2)cc1. The molecule has 4 heterocycles. The third-order valence-corrected chi connectivity index (χ3v) is 9.01. The minimum Gasteiger partial charge on any atom is -0.455 e. The lowest BCUT2D eigenvalue weighted by Crippen LogP contribution is -2.00. The second-order valence-electron chi connectivity index (χ2n) is 11.9. The second kappa shape index (κ2) is 10.4. The molecule has 0 fully saturated rings. The van der Waals surface area contributed by atoms with Crippen molar-refractivity contribution in [3.05, 3.63) is 146 Å².